The normalized spacial score (nSPS) is 12.7. The zero-order chi connectivity index (χ0) is 13.1. The zero-order valence-corrected chi connectivity index (χ0v) is 14.2. The van der Waals surface area contributed by atoms with Crippen LogP contribution in [0.1, 0.15) is 22.3 Å². The number of thiazole rings is 1. The van der Waals surface area contributed by atoms with Crippen molar-refractivity contribution in [3.63, 3.8) is 0 Å². The van der Waals surface area contributed by atoms with Crippen molar-refractivity contribution in [3.05, 3.63) is 48.8 Å². The largest absolute Gasteiger partial charge is 0.313 e. The first kappa shape index (κ1) is 14.2. The van der Waals surface area contributed by atoms with E-state index in [1.54, 1.807) is 11.3 Å². The molecule has 0 amide bonds. The van der Waals surface area contributed by atoms with E-state index in [1.165, 1.54) is 5.56 Å². The van der Waals surface area contributed by atoms with Crippen LogP contribution in [0.4, 0.5) is 0 Å². The van der Waals surface area contributed by atoms with E-state index in [9.17, 15) is 0 Å². The van der Waals surface area contributed by atoms with Gasteiger partial charge in [0.2, 0.25) is 0 Å². The number of benzene rings is 1. The summed E-state index contributed by atoms with van der Waals surface area (Å²) in [6.45, 7) is 2.04. The molecular formula is C13H14Br2N2S. The van der Waals surface area contributed by atoms with Crippen molar-refractivity contribution < 1.29 is 0 Å². The first-order valence-electron chi connectivity index (χ1n) is 5.62. The summed E-state index contributed by atoms with van der Waals surface area (Å²) in [5, 5.41) is 6.61. The third-order valence-electron chi connectivity index (χ3n) is 2.72. The van der Waals surface area contributed by atoms with Crippen molar-refractivity contribution in [1.82, 2.24) is 10.3 Å². The molecule has 1 N–H and O–H groups in total. The van der Waals surface area contributed by atoms with E-state index in [2.05, 4.69) is 59.7 Å². The fourth-order valence-electron chi connectivity index (χ4n) is 1.87. The number of likely N-dealkylation sites (N-methyl/N-ethyl adjacent to an activating group) is 1. The minimum Gasteiger partial charge on any atom is -0.313 e. The van der Waals surface area contributed by atoms with Crippen molar-refractivity contribution in [2.45, 2.75) is 19.4 Å². The predicted octanol–water partition coefficient (Wildman–Crippen LogP) is 4.48. The molecule has 0 fully saturated rings. The number of aryl methyl sites for hydroxylation is 1. The van der Waals surface area contributed by atoms with Gasteiger partial charge in [0, 0.05) is 26.8 Å². The van der Waals surface area contributed by atoms with Gasteiger partial charge in [-0.1, -0.05) is 31.9 Å². The van der Waals surface area contributed by atoms with E-state index in [4.69, 9.17) is 0 Å². The van der Waals surface area contributed by atoms with Crippen LogP contribution in [0.3, 0.4) is 0 Å². The van der Waals surface area contributed by atoms with Gasteiger partial charge in [-0.05, 0) is 37.7 Å². The molecule has 1 aromatic carbocycles. The summed E-state index contributed by atoms with van der Waals surface area (Å²) in [5.41, 5.74) is 2.40. The Morgan fingerprint density at radius 1 is 1.28 bits per heavy atom. The van der Waals surface area contributed by atoms with E-state index >= 15 is 0 Å². The van der Waals surface area contributed by atoms with E-state index in [0.29, 0.717) is 0 Å². The Morgan fingerprint density at radius 3 is 2.44 bits per heavy atom. The first-order chi connectivity index (χ1) is 8.58. The van der Waals surface area contributed by atoms with Gasteiger partial charge in [-0.25, -0.2) is 4.98 Å². The average molecular weight is 390 g/mol. The molecule has 0 aliphatic carbocycles. The lowest BCUT2D eigenvalue weighted by molar-refractivity contribution is 0.585. The summed E-state index contributed by atoms with van der Waals surface area (Å²) in [6.07, 6.45) is 0.906. The Balaban J connectivity index is 2.22. The lowest BCUT2D eigenvalue weighted by Gasteiger charge is -2.16. The average Bonchev–Trinajstić information content (AvgIpc) is 2.70. The molecule has 2 rings (SSSR count). The van der Waals surface area contributed by atoms with Crippen molar-refractivity contribution in [1.29, 1.82) is 0 Å². The second kappa shape index (κ2) is 6.28. The molecule has 1 unspecified atom stereocenters. The van der Waals surface area contributed by atoms with Crippen LogP contribution in [0.2, 0.25) is 0 Å². The molecule has 1 heterocycles. The molecule has 1 aromatic heterocycles. The standard InChI is InChI=1S/C13H14Br2N2S/c1-8-17-12(7-18-8)6-13(16-2)9-3-10(14)5-11(15)4-9/h3-5,7,13,16H,6H2,1-2H3. The zero-order valence-electron chi connectivity index (χ0n) is 10.2. The number of nitrogens with one attached hydrogen (secondary N) is 1. The van der Waals surface area contributed by atoms with Crippen LogP contribution in [0.5, 0.6) is 0 Å². The Labute approximate surface area is 128 Å². The molecule has 0 saturated heterocycles. The molecule has 2 aromatic rings. The van der Waals surface area contributed by atoms with Crippen molar-refractivity contribution >= 4 is 43.2 Å². The fraction of sp³-hybridized carbons (Fsp3) is 0.308. The van der Waals surface area contributed by atoms with E-state index in [-0.39, 0.29) is 6.04 Å². The second-order valence-corrected chi connectivity index (χ2v) is 7.00. The minimum atomic E-state index is 0.278. The Kier molecular flexibility index (Phi) is 4.95. The molecule has 0 radical (unpaired) electrons. The van der Waals surface area contributed by atoms with Gasteiger partial charge in [0.1, 0.15) is 0 Å². The van der Waals surface area contributed by atoms with Crippen molar-refractivity contribution in [3.8, 4) is 0 Å². The molecular weight excluding hydrogens is 376 g/mol. The second-order valence-electron chi connectivity index (χ2n) is 4.11. The molecule has 2 nitrogen and oxygen atoms in total. The van der Waals surface area contributed by atoms with Gasteiger partial charge in [-0.15, -0.1) is 11.3 Å². The van der Waals surface area contributed by atoms with Crippen LogP contribution in [0.15, 0.2) is 32.5 Å². The summed E-state index contributed by atoms with van der Waals surface area (Å²) >= 11 is 8.76. The molecule has 0 aliphatic heterocycles. The highest BCUT2D eigenvalue weighted by Gasteiger charge is 2.13. The molecule has 0 aliphatic rings. The lowest BCUT2D eigenvalue weighted by Crippen LogP contribution is -2.19. The maximum absolute atomic E-state index is 4.52. The quantitative estimate of drug-likeness (QED) is 0.833. The van der Waals surface area contributed by atoms with Gasteiger partial charge in [0.05, 0.1) is 10.7 Å². The van der Waals surface area contributed by atoms with Gasteiger partial charge in [-0.3, -0.25) is 0 Å². The monoisotopic (exact) mass is 388 g/mol. The molecule has 96 valence electrons. The summed E-state index contributed by atoms with van der Waals surface area (Å²) in [6, 6.07) is 6.61. The summed E-state index contributed by atoms with van der Waals surface area (Å²) in [5.74, 6) is 0. The van der Waals surface area contributed by atoms with Crippen LogP contribution in [0, 0.1) is 6.92 Å². The molecule has 0 saturated carbocycles. The minimum absolute atomic E-state index is 0.278. The SMILES string of the molecule is CNC(Cc1csc(C)n1)c1cc(Br)cc(Br)c1. The van der Waals surface area contributed by atoms with Gasteiger partial charge in [0.25, 0.3) is 0 Å². The van der Waals surface area contributed by atoms with Crippen molar-refractivity contribution in [2.75, 3.05) is 7.05 Å². The first-order valence-corrected chi connectivity index (χ1v) is 8.09. The molecule has 0 spiro atoms. The molecule has 5 heteroatoms. The van der Waals surface area contributed by atoms with Gasteiger partial charge < -0.3 is 5.32 Å². The van der Waals surface area contributed by atoms with Gasteiger partial charge >= 0.3 is 0 Å². The van der Waals surface area contributed by atoms with Gasteiger partial charge in [-0.2, -0.15) is 0 Å². The van der Waals surface area contributed by atoms with Crippen LogP contribution < -0.4 is 5.32 Å². The van der Waals surface area contributed by atoms with E-state index in [1.807, 2.05) is 20.0 Å². The van der Waals surface area contributed by atoms with Crippen LogP contribution in [-0.4, -0.2) is 12.0 Å². The number of nitrogens with zero attached hydrogens (tertiary/aromatic N) is 1. The molecule has 0 bridgehead atoms. The Hall–Kier alpha value is -0.230. The van der Waals surface area contributed by atoms with Crippen molar-refractivity contribution in [2.24, 2.45) is 0 Å². The Bertz CT molecular complexity index is 519. The Morgan fingerprint density at radius 2 is 1.94 bits per heavy atom. The number of rotatable bonds is 4. The number of aromatic nitrogens is 1. The molecule has 1 atom stereocenters. The van der Waals surface area contributed by atoms with E-state index in [0.717, 1.165) is 26.1 Å². The lowest BCUT2D eigenvalue weighted by atomic mass is 10.0. The third-order valence-corrected chi connectivity index (χ3v) is 4.45. The van der Waals surface area contributed by atoms with Gasteiger partial charge in [0.15, 0.2) is 0 Å². The smallest absolute Gasteiger partial charge is 0.0897 e. The topological polar surface area (TPSA) is 24.9 Å². The number of hydrogen-bond acceptors (Lipinski definition) is 3. The van der Waals surface area contributed by atoms with Crippen LogP contribution in [0.25, 0.3) is 0 Å². The number of hydrogen-bond donors (Lipinski definition) is 1. The molecule has 18 heavy (non-hydrogen) atoms. The summed E-state index contributed by atoms with van der Waals surface area (Å²) < 4.78 is 2.17. The third kappa shape index (κ3) is 3.63. The van der Waals surface area contributed by atoms with Crippen LogP contribution >= 0.6 is 43.2 Å². The highest BCUT2D eigenvalue weighted by atomic mass is 79.9. The fourth-order valence-corrected chi connectivity index (χ4v) is 3.83. The van der Waals surface area contributed by atoms with E-state index < -0.39 is 0 Å². The predicted molar refractivity (Wildman–Crippen MR) is 84.2 cm³/mol. The highest BCUT2D eigenvalue weighted by molar-refractivity contribution is 9.11. The van der Waals surface area contributed by atoms with Crippen LogP contribution in [-0.2, 0) is 6.42 Å². The summed E-state index contributed by atoms with van der Waals surface area (Å²) in [4.78, 5) is 4.52. The number of halogens is 2. The highest BCUT2D eigenvalue weighted by Crippen LogP contribution is 2.26. The maximum Gasteiger partial charge on any atom is 0.0897 e. The summed E-state index contributed by atoms with van der Waals surface area (Å²) in [7, 11) is 1.98. The maximum atomic E-state index is 4.52.